The summed E-state index contributed by atoms with van der Waals surface area (Å²) in [5.41, 5.74) is 1.44. The van der Waals surface area contributed by atoms with E-state index in [1.807, 2.05) is 6.07 Å². The SMILES string of the molecule is CCCCCCCCCCCCc1cccc(S(=O)(=O)O)c1Oc1ccc(O)cc1.CCCCCCCCCCCCc1cccc(S(=O)(=O)[O-])c1Oc1ccc([O-])cc1.[Ca+2]. The predicted octanol–water partition coefficient (Wildman–Crippen LogP) is 12.4. The van der Waals surface area contributed by atoms with Gasteiger partial charge < -0.3 is 24.2 Å². The number of unbranched alkanes of at least 4 members (excludes halogenated alkanes) is 18. The second kappa shape index (κ2) is 30.3. The molecule has 0 spiro atoms. The Balaban J connectivity index is 0.000000413. The summed E-state index contributed by atoms with van der Waals surface area (Å²) in [4.78, 5) is -0.599. The van der Waals surface area contributed by atoms with Crippen LogP contribution in [0.1, 0.15) is 153 Å². The zero-order chi connectivity index (χ0) is 43.6. The van der Waals surface area contributed by atoms with Crippen LogP contribution in [0, 0.1) is 0 Å². The maximum atomic E-state index is 11.8. The Morgan fingerprint density at radius 2 is 0.836 bits per heavy atom. The van der Waals surface area contributed by atoms with E-state index in [0.29, 0.717) is 29.9 Å². The molecule has 0 saturated carbocycles. The van der Waals surface area contributed by atoms with Crippen molar-refractivity contribution in [3.05, 3.63) is 96.1 Å². The second-order valence-corrected chi connectivity index (χ2v) is 18.2. The maximum Gasteiger partial charge on any atom is 2.00 e. The van der Waals surface area contributed by atoms with E-state index in [9.17, 15) is 36.2 Å². The molecule has 332 valence electrons. The molecule has 10 nitrogen and oxygen atoms in total. The molecule has 61 heavy (non-hydrogen) atoms. The van der Waals surface area contributed by atoms with Crippen LogP contribution in [-0.4, -0.2) is 68.8 Å². The third-order valence-corrected chi connectivity index (χ3v) is 12.1. The van der Waals surface area contributed by atoms with Crippen LogP contribution < -0.4 is 14.6 Å². The van der Waals surface area contributed by atoms with Gasteiger partial charge >= 0.3 is 37.7 Å². The molecular weight excluding hydrogens is 841 g/mol. The number of benzene rings is 4. The van der Waals surface area contributed by atoms with Crippen LogP contribution in [0.25, 0.3) is 0 Å². The summed E-state index contributed by atoms with van der Waals surface area (Å²) in [7, 11) is -9.08. The Bertz CT molecular complexity index is 1870. The van der Waals surface area contributed by atoms with Crippen LogP contribution in [-0.2, 0) is 33.1 Å². The normalized spacial score (nSPS) is 11.3. The first-order chi connectivity index (χ1) is 28.8. The third-order valence-electron chi connectivity index (χ3n) is 10.4. The van der Waals surface area contributed by atoms with Crippen molar-refractivity contribution >= 4 is 58.0 Å². The molecule has 4 aromatic rings. The first-order valence-electron chi connectivity index (χ1n) is 21.9. The summed E-state index contributed by atoms with van der Waals surface area (Å²) in [6, 6.07) is 21.1. The quantitative estimate of drug-likeness (QED) is 0.0317. The molecule has 0 bridgehead atoms. The molecule has 0 radical (unpaired) electrons. The minimum absolute atomic E-state index is 0. The number of para-hydroxylation sites is 2. The summed E-state index contributed by atoms with van der Waals surface area (Å²) in [6.45, 7) is 4.45. The fraction of sp³-hybridized carbons (Fsp3) is 0.500. The molecular formula is C48H66CaO10S2. The van der Waals surface area contributed by atoms with E-state index in [1.54, 1.807) is 30.3 Å². The van der Waals surface area contributed by atoms with Crippen LogP contribution in [0.4, 0.5) is 0 Å². The molecule has 0 unspecified atom stereocenters. The molecule has 0 fully saturated rings. The van der Waals surface area contributed by atoms with Gasteiger partial charge in [-0.3, -0.25) is 4.55 Å². The van der Waals surface area contributed by atoms with Gasteiger partial charge in [-0.1, -0.05) is 166 Å². The average Bonchev–Trinajstić information content (AvgIpc) is 3.21. The van der Waals surface area contributed by atoms with Gasteiger partial charge in [0.25, 0.3) is 10.1 Å². The minimum atomic E-state index is -4.67. The number of rotatable bonds is 28. The molecule has 0 heterocycles. The summed E-state index contributed by atoms with van der Waals surface area (Å²) in [5.74, 6) is 0.876. The summed E-state index contributed by atoms with van der Waals surface area (Å²) in [5, 5.41) is 20.7. The van der Waals surface area contributed by atoms with E-state index in [4.69, 9.17) is 9.47 Å². The third kappa shape index (κ3) is 21.9. The zero-order valence-corrected chi connectivity index (χ0v) is 40.2. The molecule has 2 N–H and O–H groups in total. The van der Waals surface area contributed by atoms with E-state index >= 15 is 0 Å². The van der Waals surface area contributed by atoms with Crippen molar-refractivity contribution in [3.63, 3.8) is 0 Å². The molecule has 4 aromatic carbocycles. The van der Waals surface area contributed by atoms with Crippen LogP contribution >= 0.6 is 0 Å². The number of hydrogen-bond acceptors (Lipinski definition) is 9. The molecule has 4 rings (SSSR count). The smallest absolute Gasteiger partial charge is 0.872 e. The topological polar surface area (TPSA) is 173 Å². The standard InChI is InChI=1S/2C24H34O5S.Ca/c2*1-2-3-4-5-6-7-8-9-10-11-13-20-14-12-15-23(30(26,27)28)24(20)29-22-18-16-21(25)17-19-22;/h2*12,14-19,25H,2-11,13H2,1H3,(H,26,27,28);/q;;+2/p-2. The molecule has 0 aliphatic heterocycles. The van der Waals surface area contributed by atoms with Gasteiger partial charge in [0.2, 0.25) is 0 Å². The van der Waals surface area contributed by atoms with Gasteiger partial charge in [-0.2, -0.15) is 8.42 Å². The van der Waals surface area contributed by atoms with E-state index in [1.165, 1.54) is 145 Å². The monoisotopic (exact) mass is 906 g/mol. The average molecular weight is 907 g/mol. The van der Waals surface area contributed by atoms with Crippen molar-refractivity contribution in [1.29, 1.82) is 0 Å². The van der Waals surface area contributed by atoms with Gasteiger partial charge in [-0.15, -0.1) is 5.75 Å². The molecule has 0 aliphatic carbocycles. The van der Waals surface area contributed by atoms with Crippen molar-refractivity contribution in [2.24, 2.45) is 0 Å². The maximum absolute atomic E-state index is 11.8. The molecule has 0 amide bonds. The van der Waals surface area contributed by atoms with E-state index in [0.717, 1.165) is 37.7 Å². The first-order valence-corrected chi connectivity index (χ1v) is 24.8. The molecule has 0 aliphatic rings. The van der Waals surface area contributed by atoms with Gasteiger partial charge in [0.05, 0.1) is 4.90 Å². The van der Waals surface area contributed by atoms with Crippen LogP contribution in [0.2, 0.25) is 0 Å². The van der Waals surface area contributed by atoms with Gasteiger partial charge in [0, 0.05) is 0 Å². The van der Waals surface area contributed by atoms with Gasteiger partial charge in [-0.05, 0) is 85.3 Å². The molecule has 13 heteroatoms. The summed E-state index contributed by atoms with van der Waals surface area (Å²) in [6.07, 6.45) is 25.7. The number of hydrogen-bond donors (Lipinski definition) is 2. The molecule has 0 saturated heterocycles. The van der Waals surface area contributed by atoms with E-state index in [2.05, 4.69) is 13.8 Å². The van der Waals surface area contributed by atoms with E-state index < -0.39 is 20.2 Å². The van der Waals surface area contributed by atoms with Gasteiger partial charge in [0.1, 0.15) is 38.0 Å². The Morgan fingerprint density at radius 1 is 0.492 bits per heavy atom. The number of ether oxygens (including phenoxy) is 2. The van der Waals surface area contributed by atoms with Crippen LogP contribution in [0.5, 0.6) is 34.5 Å². The van der Waals surface area contributed by atoms with Crippen molar-refractivity contribution in [3.8, 4) is 34.5 Å². The minimum Gasteiger partial charge on any atom is -0.872 e. The Labute approximate surface area is 396 Å². The number of phenols is 1. The Hall–Kier alpha value is -2.84. The predicted molar refractivity (Wildman–Crippen MR) is 242 cm³/mol. The summed E-state index contributed by atoms with van der Waals surface area (Å²) >= 11 is 0. The second-order valence-electron chi connectivity index (χ2n) is 15.5. The Kier molecular flexibility index (Phi) is 27.0. The van der Waals surface area contributed by atoms with Crippen molar-refractivity contribution in [1.82, 2.24) is 0 Å². The molecule has 0 aromatic heterocycles. The van der Waals surface area contributed by atoms with Crippen molar-refractivity contribution in [2.75, 3.05) is 0 Å². The van der Waals surface area contributed by atoms with Crippen LogP contribution in [0.3, 0.4) is 0 Å². The number of phenolic OH excluding ortho intramolecular Hbond substituents is 1. The summed E-state index contributed by atoms with van der Waals surface area (Å²) < 4.78 is 80.0. The largest absolute Gasteiger partial charge is 2.00 e. The van der Waals surface area contributed by atoms with Crippen molar-refractivity contribution < 1.29 is 45.6 Å². The van der Waals surface area contributed by atoms with Gasteiger partial charge in [0.15, 0.2) is 5.75 Å². The van der Waals surface area contributed by atoms with Crippen LogP contribution in [0.15, 0.2) is 94.7 Å². The van der Waals surface area contributed by atoms with Crippen molar-refractivity contribution in [2.45, 2.75) is 165 Å². The van der Waals surface area contributed by atoms with E-state index in [-0.39, 0.29) is 70.5 Å². The number of aryl methyl sites for hydroxylation is 2. The number of aromatic hydroxyl groups is 1. The zero-order valence-electron chi connectivity index (χ0n) is 36.3. The fourth-order valence-corrected chi connectivity index (χ4v) is 8.31. The first kappa shape index (κ1) is 54.3. The molecule has 0 atom stereocenters. The van der Waals surface area contributed by atoms with Gasteiger partial charge in [-0.25, -0.2) is 8.42 Å². The fourth-order valence-electron chi connectivity index (χ4n) is 7.01. The Morgan fingerprint density at radius 3 is 1.21 bits per heavy atom.